The molecule has 0 aliphatic carbocycles. The molecule has 0 saturated carbocycles. The number of nitrogens with one attached hydrogen (secondary N) is 1. The minimum Gasteiger partial charge on any atom is -0.367 e. The lowest BCUT2D eigenvalue weighted by molar-refractivity contribution is 1.33. The summed E-state index contributed by atoms with van der Waals surface area (Å²) >= 11 is 0. The van der Waals surface area contributed by atoms with Gasteiger partial charge in [0.1, 0.15) is 0 Å². The Labute approximate surface area is 77.2 Å². The van der Waals surface area contributed by atoms with Gasteiger partial charge in [0.05, 0.1) is 0 Å². The Morgan fingerprint density at radius 1 is 1.09 bits per heavy atom. The van der Waals surface area contributed by atoms with Crippen molar-refractivity contribution in [1.82, 2.24) is 9.97 Å². The molecule has 0 aromatic carbocycles. The smallest absolute Gasteiger partial charge is 0.0361 e. The minimum atomic E-state index is 0. The maximum Gasteiger partial charge on any atom is 0.0361 e. The zero-order valence-corrected chi connectivity index (χ0v) is 7.28. The Kier molecular flexibility index (Phi) is 3.93. The lowest BCUT2D eigenvalue weighted by Gasteiger charge is -1.91. The third kappa shape index (κ3) is 1.85. The number of pyridine rings is 1. The van der Waals surface area contributed by atoms with E-state index in [0.717, 1.165) is 5.56 Å². The van der Waals surface area contributed by atoms with E-state index in [0.29, 0.717) is 0 Å². The molecule has 1 N–H and O–H groups in total. The third-order valence-electron chi connectivity index (χ3n) is 1.36. The second kappa shape index (κ2) is 4.21. The van der Waals surface area contributed by atoms with E-state index in [4.69, 9.17) is 0 Å². The van der Waals surface area contributed by atoms with Crippen molar-refractivity contribution in [2.75, 3.05) is 0 Å². The number of H-pyrrole nitrogens is 1. The number of aromatic amines is 1. The molecule has 0 spiro atoms. The van der Waals surface area contributed by atoms with Gasteiger partial charge in [-0.2, -0.15) is 0 Å². The van der Waals surface area contributed by atoms with Crippen LogP contribution < -0.4 is 0 Å². The second-order valence-electron chi connectivity index (χ2n) is 1.96. The summed E-state index contributed by atoms with van der Waals surface area (Å²) in [6.07, 6.45) is 7.52. The van der Waals surface area contributed by atoms with Crippen LogP contribution in [0.2, 0.25) is 0 Å². The first kappa shape index (κ1) is 10.3. The predicted molar refractivity (Wildman–Crippen MR) is 49.7 cm³/mol. The second-order valence-corrected chi connectivity index (χ2v) is 1.96. The minimum absolute atomic E-state index is 0. The van der Waals surface area contributed by atoms with Crippen LogP contribution in [0.3, 0.4) is 0 Å². The Morgan fingerprint density at radius 3 is 2.55 bits per heavy atom. The van der Waals surface area contributed by atoms with Crippen LogP contribution in [0.15, 0.2) is 30.9 Å². The van der Waals surface area contributed by atoms with Crippen molar-refractivity contribution in [1.29, 1.82) is 0 Å². The largest absolute Gasteiger partial charge is 0.367 e. The highest BCUT2D eigenvalue weighted by Gasteiger charge is 1.97. The van der Waals surface area contributed by atoms with Crippen LogP contribution >= 0.6 is 24.8 Å². The molecule has 0 bridgehead atoms. The summed E-state index contributed by atoms with van der Waals surface area (Å²) in [5.74, 6) is 0. The van der Waals surface area contributed by atoms with Gasteiger partial charge in [0.2, 0.25) is 0 Å². The van der Waals surface area contributed by atoms with E-state index in [1.54, 1.807) is 0 Å². The molecular formula is C7H8Cl2N2. The molecule has 0 unspecified atom stereocenters. The molecule has 2 nitrogen and oxygen atoms in total. The average molecular weight is 191 g/mol. The van der Waals surface area contributed by atoms with E-state index in [1.165, 1.54) is 5.56 Å². The first-order valence-corrected chi connectivity index (χ1v) is 2.83. The van der Waals surface area contributed by atoms with Crippen molar-refractivity contribution in [3.63, 3.8) is 0 Å². The standard InChI is InChI=1S/C7H6N2.2ClH/c1-2-8-4-7-5-9-3-6(1)7;;/h1-5,8H;2*1H. The molecular weight excluding hydrogens is 183 g/mol. The number of fused-ring (bicyclic) bond motifs is 1. The van der Waals surface area contributed by atoms with Crippen molar-refractivity contribution in [2.45, 2.75) is 0 Å². The van der Waals surface area contributed by atoms with Crippen LogP contribution in [0, 0.1) is 0 Å². The van der Waals surface area contributed by atoms with Gasteiger partial charge in [-0.25, -0.2) is 0 Å². The van der Waals surface area contributed by atoms with Gasteiger partial charge in [-0.3, -0.25) is 4.98 Å². The summed E-state index contributed by atoms with van der Waals surface area (Å²) in [6, 6.07) is 2.00. The molecule has 0 fully saturated rings. The average Bonchev–Trinajstić information content (AvgIpc) is 2.33. The lowest BCUT2D eigenvalue weighted by atomic mass is 10.2. The van der Waals surface area contributed by atoms with Gasteiger partial charge in [-0.05, 0) is 6.07 Å². The van der Waals surface area contributed by atoms with Gasteiger partial charge in [0.25, 0.3) is 0 Å². The molecule has 60 valence electrons. The molecule has 4 heteroatoms. The first-order chi connectivity index (χ1) is 4.47. The molecule has 11 heavy (non-hydrogen) atoms. The highest BCUT2D eigenvalue weighted by atomic mass is 35.5. The highest BCUT2D eigenvalue weighted by Crippen LogP contribution is 2.17. The number of hydrogen-bond acceptors (Lipinski definition) is 1. The molecule has 0 radical (unpaired) electrons. The van der Waals surface area contributed by atoms with Crippen molar-refractivity contribution in [3.05, 3.63) is 30.9 Å². The zero-order chi connectivity index (χ0) is 6.10. The molecule has 0 aromatic heterocycles. The molecule has 2 heterocycles. The van der Waals surface area contributed by atoms with E-state index in [-0.39, 0.29) is 24.8 Å². The Bertz CT molecular complexity index is 255. The van der Waals surface area contributed by atoms with E-state index in [1.807, 2.05) is 30.9 Å². The van der Waals surface area contributed by atoms with E-state index < -0.39 is 0 Å². The SMILES string of the molecule is Cl.Cl.c1cc2cncc-2c[nH]1. The van der Waals surface area contributed by atoms with E-state index in [2.05, 4.69) is 9.97 Å². The fraction of sp³-hybridized carbons (Fsp3) is 0. The monoisotopic (exact) mass is 190 g/mol. The number of halogens is 2. The molecule has 2 aliphatic heterocycles. The number of nitrogens with zero attached hydrogens (tertiary/aromatic N) is 1. The normalized spacial score (nSPS) is 8.36. The Hall–Kier alpha value is -0.730. The number of aromatic nitrogens is 2. The quantitative estimate of drug-likeness (QED) is 0.680. The zero-order valence-electron chi connectivity index (χ0n) is 5.65. The van der Waals surface area contributed by atoms with Gasteiger partial charge >= 0.3 is 0 Å². The van der Waals surface area contributed by atoms with Crippen LogP contribution in [0.1, 0.15) is 0 Å². The number of hydrogen-bond donors (Lipinski definition) is 1. The lowest BCUT2D eigenvalue weighted by Crippen LogP contribution is -1.72. The predicted octanol–water partition coefficient (Wildman–Crippen LogP) is 2.36. The van der Waals surface area contributed by atoms with Crippen LogP contribution in [0.4, 0.5) is 0 Å². The fourth-order valence-electron chi connectivity index (χ4n) is 0.883. The van der Waals surface area contributed by atoms with Crippen LogP contribution in [-0.2, 0) is 0 Å². The number of rotatable bonds is 0. The van der Waals surface area contributed by atoms with Gasteiger partial charge in [0, 0.05) is 35.9 Å². The molecule has 0 amide bonds. The van der Waals surface area contributed by atoms with Gasteiger partial charge < -0.3 is 4.98 Å². The van der Waals surface area contributed by atoms with Crippen molar-refractivity contribution < 1.29 is 0 Å². The summed E-state index contributed by atoms with van der Waals surface area (Å²) in [7, 11) is 0. The van der Waals surface area contributed by atoms with Gasteiger partial charge in [0.15, 0.2) is 0 Å². The van der Waals surface area contributed by atoms with Crippen molar-refractivity contribution in [2.24, 2.45) is 0 Å². The third-order valence-corrected chi connectivity index (χ3v) is 1.36. The summed E-state index contributed by atoms with van der Waals surface area (Å²) in [5, 5.41) is 0. The Morgan fingerprint density at radius 2 is 1.82 bits per heavy atom. The first-order valence-electron chi connectivity index (χ1n) is 2.83. The molecule has 0 atom stereocenters. The van der Waals surface area contributed by atoms with Gasteiger partial charge in [-0.1, -0.05) is 0 Å². The fourth-order valence-corrected chi connectivity index (χ4v) is 0.883. The summed E-state index contributed by atoms with van der Waals surface area (Å²) < 4.78 is 0. The summed E-state index contributed by atoms with van der Waals surface area (Å²) in [6.45, 7) is 0. The summed E-state index contributed by atoms with van der Waals surface area (Å²) in [5.41, 5.74) is 2.35. The van der Waals surface area contributed by atoms with Crippen LogP contribution in [0.25, 0.3) is 11.1 Å². The molecule has 0 saturated heterocycles. The van der Waals surface area contributed by atoms with E-state index in [9.17, 15) is 0 Å². The van der Waals surface area contributed by atoms with Gasteiger partial charge in [-0.15, -0.1) is 24.8 Å². The van der Waals surface area contributed by atoms with Crippen LogP contribution in [0.5, 0.6) is 0 Å². The molecule has 2 aliphatic rings. The van der Waals surface area contributed by atoms with E-state index >= 15 is 0 Å². The highest BCUT2D eigenvalue weighted by molar-refractivity contribution is 5.85. The van der Waals surface area contributed by atoms with Crippen LogP contribution in [-0.4, -0.2) is 9.97 Å². The molecule has 0 aromatic rings. The van der Waals surface area contributed by atoms with Crippen molar-refractivity contribution in [3.8, 4) is 11.1 Å². The topological polar surface area (TPSA) is 28.7 Å². The summed E-state index contributed by atoms with van der Waals surface area (Å²) in [4.78, 5) is 6.96. The maximum atomic E-state index is 3.98. The Balaban J connectivity index is 0.000000500. The maximum absolute atomic E-state index is 3.98. The molecule has 2 rings (SSSR count). The van der Waals surface area contributed by atoms with Crippen molar-refractivity contribution >= 4 is 24.8 Å².